The maximum atomic E-state index is 5.59. The molecule has 6 aromatic rings. The first kappa shape index (κ1) is 26.4. The van der Waals surface area contributed by atoms with E-state index in [0.717, 1.165) is 34.3 Å². The van der Waals surface area contributed by atoms with E-state index in [1.54, 1.807) is 24.5 Å². The third-order valence-corrected chi connectivity index (χ3v) is 4.66. The second-order valence-corrected chi connectivity index (χ2v) is 7.57. The molecule has 0 spiro atoms. The van der Waals surface area contributed by atoms with E-state index in [2.05, 4.69) is 44.2 Å². The van der Waals surface area contributed by atoms with Crippen molar-refractivity contribution in [2.45, 2.75) is 20.3 Å². The predicted octanol–water partition coefficient (Wildman–Crippen LogP) is 4.16. The minimum absolute atomic E-state index is 0. The van der Waals surface area contributed by atoms with Gasteiger partial charge in [-0.1, -0.05) is 32.4 Å². The van der Waals surface area contributed by atoms with Crippen LogP contribution in [0.25, 0.3) is 34.3 Å². The smallest absolute Gasteiger partial charge is 0.186 e. The molecule has 0 saturated carbocycles. The van der Waals surface area contributed by atoms with Gasteiger partial charge in [0.25, 0.3) is 0 Å². The van der Waals surface area contributed by atoms with E-state index < -0.39 is 0 Å². The molecular formula is C25H26N10Pt. The molecule has 6 heterocycles. The summed E-state index contributed by atoms with van der Waals surface area (Å²) in [5, 5.41) is 16.3. The summed E-state index contributed by atoms with van der Waals surface area (Å²) >= 11 is 0. The van der Waals surface area contributed by atoms with E-state index in [1.165, 1.54) is 6.42 Å². The molecule has 6 aromatic heterocycles. The molecule has 6 rings (SSSR count). The number of nitrogen functional groups attached to an aromatic ring is 2. The molecule has 11 heteroatoms. The molecule has 0 fully saturated rings. The van der Waals surface area contributed by atoms with Crippen molar-refractivity contribution < 1.29 is 21.1 Å². The molecule has 0 aliphatic rings. The van der Waals surface area contributed by atoms with Gasteiger partial charge in [0.2, 0.25) is 0 Å². The average molecular weight is 662 g/mol. The Labute approximate surface area is 222 Å². The molecule has 0 unspecified atom stereocenters. The van der Waals surface area contributed by atoms with Crippen LogP contribution in [0.1, 0.15) is 20.3 Å². The number of hydrogen-bond donors (Lipinski definition) is 2. The summed E-state index contributed by atoms with van der Waals surface area (Å²) in [5.74, 6) is 1.44. The summed E-state index contributed by atoms with van der Waals surface area (Å²) in [6, 6.07) is 18.8. The van der Waals surface area contributed by atoms with Crippen molar-refractivity contribution in [3.63, 3.8) is 0 Å². The molecule has 10 nitrogen and oxygen atoms in total. The van der Waals surface area contributed by atoms with Crippen LogP contribution in [0.5, 0.6) is 0 Å². The number of aromatic nitrogens is 8. The normalized spacial score (nSPS) is 10.1. The van der Waals surface area contributed by atoms with Crippen LogP contribution >= 0.6 is 0 Å². The van der Waals surface area contributed by atoms with Crippen molar-refractivity contribution in [1.82, 2.24) is 39.2 Å². The van der Waals surface area contributed by atoms with E-state index in [4.69, 9.17) is 11.5 Å². The van der Waals surface area contributed by atoms with Crippen LogP contribution in [-0.2, 0) is 21.1 Å². The second kappa shape index (κ2) is 12.5. The van der Waals surface area contributed by atoms with Gasteiger partial charge in [-0.05, 0) is 48.5 Å². The van der Waals surface area contributed by atoms with Crippen molar-refractivity contribution in [2.75, 3.05) is 11.5 Å². The third kappa shape index (κ3) is 6.08. The number of anilines is 2. The van der Waals surface area contributed by atoms with Crippen LogP contribution in [0.2, 0.25) is 0 Å². The largest absolute Gasteiger partial charge is 0.397 e. The van der Waals surface area contributed by atoms with Gasteiger partial charge in [-0.2, -0.15) is 0 Å². The van der Waals surface area contributed by atoms with Gasteiger partial charge in [0.05, 0.1) is 23.8 Å². The average Bonchev–Trinajstić information content (AvgIpc) is 3.51. The van der Waals surface area contributed by atoms with Gasteiger partial charge in [-0.25, -0.2) is 0 Å². The minimum Gasteiger partial charge on any atom is -0.397 e. The monoisotopic (exact) mass is 661 g/mol. The molecule has 0 atom stereocenters. The molecule has 0 aromatic carbocycles. The minimum atomic E-state index is 0. The van der Waals surface area contributed by atoms with Gasteiger partial charge in [0, 0.05) is 33.5 Å². The third-order valence-electron chi connectivity index (χ3n) is 4.66. The second-order valence-electron chi connectivity index (χ2n) is 7.57. The van der Waals surface area contributed by atoms with Crippen molar-refractivity contribution in [1.29, 1.82) is 0 Å². The topological polar surface area (TPSA) is 138 Å². The van der Waals surface area contributed by atoms with E-state index in [0.29, 0.717) is 11.4 Å². The Kier molecular flexibility index (Phi) is 9.18. The van der Waals surface area contributed by atoms with Crippen LogP contribution in [-0.4, -0.2) is 39.2 Å². The van der Waals surface area contributed by atoms with Gasteiger partial charge in [0.1, 0.15) is 11.4 Å². The first-order valence-electron chi connectivity index (χ1n) is 11.1. The van der Waals surface area contributed by atoms with Crippen molar-refractivity contribution in [3.05, 3.63) is 85.5 Å². The number of rotatable bonds is 2. The van der Waals surface area contributed by atoms with Crippen molar-refractivity contribution in [3.8, 4) is 23.0 Å². The Morgan fingerprint density at radius 1 is 0.611 bits per heavy atom. The summed E-state index contributed by atoms with van der Waals surface area (Å²) < 4.78 is 3.77. The van der Waals surface area contributed by atoms with Crippen LogP contribution in [0, 0.1) is 0 Å². The molecule has 0 saturated heterocycles. The fraction of sp³-hybridized carbons (Fsp3) is 0.120. The summed E-state index contributed by atoms with van der Waals surface area (Å²) in [7, 11) is 0. The molecule has 36 heavy (non-hydrogen) atoms. The Balaban J connectivity index is 0.000000177. The Hall–Kier alpha value is -4.17. The van der Waals surface area contributed by atoms with E-state index in [1.807, 2.05) is 69.7 Å². The molecule has 186 valence electrons. The fourth-order valence-electron chi connectivity index (χ4n) is 3.11. The van der Waals surface area contributed by atoms with Gasteiger partial charge < -0.3 is 11.5 Å². The number of nitrogens with two attached hydrogens (primary N) is 2. The molecular weight excluding hydrogens is 635 g/mol. The molecule has 0 aliphatic carbocycles. The Morgan fingerprint density at radius 2 is 1.03 bits per heavy atom. The number of pyridine rings is 4. The first-order valence-corrected chi connectivity index (χ1v) is 11.1. The zero-order valence-electron chi connectivity index (χ0n) is 19.8. The zero-order valence-corrected chi connectivity index (χ0v) is 22.1. The quantitative estimate of drug-likeness (QED) is 0.282. The SMILES string of the molecule is CCC.Nc1ccc(-c2nnc3ccccn23)nc1.Nc1ccc(-c2nnc3ccccn23)nc1.[Pt]. The maximum absolute atomic E-state index is 5.59. The summed E-state index contributed by atoms with van der Waals surface area (Å²) in [6.45, 7) is 4.25. The van der Waals surface area contributed by atoms with E-state index in [-0.39, 0.29) is 21.1 Å². The first-order chi connectivity index (χ1) is 17.1. The predicted molar refractivity (Wildman–Crippen MR) is 137 cm³/mol. The van der Waals surface area contributed by atoms with Crippen molar-refractivity contribution in [2.24, 2.45) is 0 Å². The fourth-order valence-corrected chi connectivity index (χ4v) is 3.11. The zero-order chi connectivity index (χ0) is 24.6. The van der Waals surface area contributed by atoms with Gasteiger partial charge in [0.15, 0.2) is 22.9 Å². The molecule has 4 N–H and O–H groups in total. The molecule has 0 radical (unpaired) electrons. The van der Waals surface area contributed by atoms with Crippen LogP contribution in [0.3, 0.4) is 0 Å². The number of nitrogens with zero attached hydrogens (tertiary/aromatic N) is 8. The van der Waals surface area contributed by atoms with Gasteiger partial charge >= 0.3 is 0 Å². The Bertz CT molecular complexity index is 1390. The van der Waals surface area contributed by atoms with Crippen molar-refractivity contribution >= 4 is 22.7 Å². The molecule has 0 amide bonds. The van der Waals surface area contributed by atoms with E-state index >= 15 is 0 Å². The maximum Gasteiger partial charge on any atom is 0.186 e. The summed E-state index contributed by atoms with van der Waals surface area (Å²) in [6.07, 6.45) is 8.28. The Morgan fingerprint density at radius 3 is 1.39 bits per heavy atom. The number of hydrogen-bond acceptors (Lipinski definition) is 8. The summed E-state index contributed by atoms with van der Waals surface area (Å²) in [5.41, 5.74) is 15.6. The molecule has 0 aliphatic heterocycles. The van der Waals surface area contributed by atoms with Gasteiger partial charge in [-0.3, -0.25) is 18.8 Å². The van der Waals surface area contributed by atoms with E-state index in [9.17, 15) is 0 Å². The van der Waals surface area contributed by atoms with Crippen LogP contribution in [0.15, 0.2) is 85.5 Å². The van der Waals surface area contributed by atoms with Crippen LogP contribution < -0.4 is 11.5 Å². The van der Waals surface area contributed by atoms with Gasteiger partial charge in [-0.15, -0.1) is 20.4 Å². The summed E-state index contributed by atoms with van der Waals surface area (Å²) in [4.78, 5) is 8.45. The standard InChI is InChI=1S/2C11H9N5.C3H8.Pt/c2*12-8-4-5-9(13-7-8)11-15-14-10-3-1-2-6-16(10)11;1-3-2;/h2*1-7H,12H2;3H2,1-2H3;. The number of fused-ring (bicyclic) bond motifs is 2. The molecule has 0 bridgehead atoms. The van der Waals surface area contributed by atoms with Crippen LogP contribution in [0.4, 0.5) is 11.4 Å².